The van der Waals surface area contributed by atoms with Crippen LogP contribution < -0.4 is 21.1 Å². The molecule has 1 aliphatic carbocycles. The van der Waals surface area contributed by atoms with Crippen molar-refractivity contribution in [3.63, 3.8) is 0 Å². The first-order valence-electron chi connectivity index (χ1n) is 12.4. The predicted molar refractivity (Wildman–Crippen MR) is 136 cm³/mol. The predicted octanol–water partition coefficient (Wildman–Crippen LogP) is 1.98. The summed E-state index contributed by atoms with van der Waals surface area (Å²) < 4.78 is 11.3. The van der Waals surface area contributed by atoms with Gasteiger partial charge >= 0.3 is 0 Å². The van der Waals surface area contributed by atoms with Gasteiger partial charge in [0, 0.05) is 18.5 Å². The number of allylic oxidation sites excluding steroid dienone is 1. The number of carbonyl (C=O) groups is 2. The summed E-state index contributed by atoms with van der Waals surface area (Å²) in [7, 11) is 1.65. The van der Waals surface area contributed by atoms with Crippen LogP contribution in [0.2, 0.25) is 0 Å². The van der Waals surface area contributed by atoms with Gasteiger partial charge in [-0.1, -0.05) is 48.6 Å². The number of nitrogens with one attached hydrogen (secondary N) is 2. The number of carbonyl (C=O) groups excluding carboxylic acids is 2. The molecule has 4 rings (SSSR count). The second-order valence-corrected chi connectivity index (χ2v) is 9.46. The van der Waals surface area contributed by atoms with Crippen LogP contribution in [0.3, 0.4) is 0 Å². The zero-order valence-electron chi connectivity index (χ0n) is 20.6. The molecule has 2 aliphatic rings. The summed E-state index contributed by atoms with van der Waals surface area (Å²) in [5.41, 5.74) is 8.85. The Balaban J connectivity index is 1.60. The third-order valence-corrected chi connectivity index (χ3v) is 7.02. The van der Waals surface area contributed by atoms with E-state index in [0.29, 0.717) is 19.6 Å². The number of β-amino-alcohol motifs (C(OH)–C–C–N with tert-alkyl or cyclic N) is 1. The van der Waals surface area contributed by atoms with E-state index in [0.717, 1.165) is 23.3 Å². The SMILES string of the molecule is COc1ccc2c(c1)[C@@H]1C[C@H]2COC/C=C\C[C@@H](C(N)=O)C(=O)N[C@@H](Cc2ccccc2)[C@H](O)CN1. The molecule has 0 saturated carbocycles. The van der Waals surface area contributed by atoms with Crippen molar-refractivity contribution in [2.75, 3.05) is 26.9 Å². The van der Waals surface area contributed by atoms with E-state index < -0.39 is 29.9 Å². The van der Waals surface area contributed by atoms with E-state index in [4.69, 9.17) is 15.2 Å². The van der Waals surface area contributed by atoms with Gasteiger partial charge in [0.1, 0.15) is 11.7 Å². The number of methoxy groups -OCH3 is 1. The summed E-state index contributed by atoms with van der Waals surface area (Å²) in [5, 5.41) is 17.6. The minimum absolute atomic E-state index is 0.00763. The monoisotopic (exact) mass is 493 g/mol. The first-order valence-corrected chi connectivity index (χ1v) is 12.4. The fraction of sp³-hybridized carbons (Fsp3) is 0.429. The van der Waals surface area contributed by atoms with Crippen molar-refractivity contribution in [3.8, 4) is 5.75 Å². The molecule has 0 saturated heterocycles. The lowest BCUT2D eigenvalue weighted by molar-refractivity contribution is -0.134. The van der Waals surface area contributed by atoms with Gasteiger partial charge in [-0.2, -0.15) is 0 Å². The van der Waals surface area contributed by atoms with Crippen molar-refractivity contribution in [2.24, 2.45) is 11.7 Å². The summed E-state index contributed by atoms with van der Waals surface area (Å²) in [5.74, 6) is -1.23. The summed E-state index contributed by atoms with van der Waals surface area (Å²) in [6, 6.07) is 15.1. The van der Waals surface area contributed by atoms with Crippen molar-refractivity contribution in [2.45, 2.75) is 43.4 Å². The highest BCUT2D eigenvalue weighted by atomic mass is 16.5. The van der Waals surface area contributed by atoms with Gasteiger partial charge in [-0.15, -0.1) is 0 Å². The molecule has 2 amide bonds. The molecule has 5 atom stereocenters. The molecule has 2 aromatic carbocycles. The van der Waals surface area contributed by atoms with E-state index in [2.05, 4.69) is 16.7 Å². The van der Waals surface area contributed by atoms with Crippen LogP contribution in [0.1, 0.15) is 41.5 Å². The van der Waals surface area contributed by atoms with Crippen molar-refractivity contribution >= 4 is 11.8 Å². The molecule has 192 valence electrons. The number of aliphatic hydroxyl groups is 1. The van der Waals surface area contributed by atoms with Gasteiger partial charge in [0.15, 0.2) is 0 Å². The van der Waals surface area contributed by atoms with Crippen molar-refractivity contribution < 1.29 is 24.2 Å². The normalized spacial score (nSPS) is 28.1. The van der Waals surface area contributed by atoms with E-state index in [1.54, 1.807) is 13.2 Å². The van der Waals surface area contributed by atoms with Crippen LogP contribution >= 0.6 is 0 Å². The Bertz CT molecular complexity index is 1070. The Labute approximate surface area is 211 Å². The smallest absolute Gasteiger partial charge is 0.233 e. The van der Waals surface area contributed by atoms with E-state index in [9.17, 15) is 14.7 Å². The molecule has 8 nitrogen and oxygen atoms in total. The number of aliphatic hydroxyl groups excluding tert-OH is 1. The Hall–Kier alpha value is -3.20. The molecule has 2 aromatic rings. The maximum atomic E-state index is 13.0. The van der Waals surface area contributed by atoms with E-state index in [-0.39, 0.29) is 24.9 Å². The molecule has 5 N–H and O–H groups in total. The van der Waals surface area contributed by atoms with Crippen LogP contribution in [0, 0.1) is 5.92 Å². The number of hydrogen-bond donors (Lipinski definition) is 4. The van der Waals surface area contributed by atoms with Crippen LogP contribution in [0.4, 0.5) is 0 Å². The highest BCUT2D eigenvalue weighted by Crippen LogP contribution is 2.42. The Morgan fingerprint density at radius 2 is 1.97 bits per heavy atom. The number of primary amides is 1. The number of ether oxygens (including phenoxy) is 2. The minimum atomic E-state index is -1.03. The number of rotatable bonds is 4. The van der Waals surface area contributed by atoms with E-state index >= 15 is 0 Å². The summed E-state index contributed by atoms with van der Waals surface area (Å²) in [6.07, 6.45) is 4.09. The molecule has 0 aromatic heterocycles. The van der Waals surface area contributed by atoms with Gasteiger partial charge in [-0.3, -0.25) is 9.59 Å². The highest BCUT2D eigenvalue weighted by molar-refractivity contribution is 5.99. The van der Waals surface area contributed by atoms with Crippen LogP contribution in [-0.2, 0) is 20.7 Å². The third-order valence-electron chi connectivity index (χ3n) is 7.02. The Morgan fingerprint density at radius 3 is 2.72 bits per heavy atom. The van der Waals surface area contributed by atoms with Crippen LogP contribution in [-0.4, -0.2) is 55.9 Å². The molecular weight excluding hydrogens is 458 g/mol. The van der Waals surface area contributed by atoms with Gasteiger partial charge in [-0.25, -0.2) is 0 Å². The molecule has 1 heterocycles. The lowest BCUT2D eigenvalue weighted by atomic mass is 9.97. The highest BCUT2D eigenvalue weighted by Gasteiger charge is 2.33. The Morgan fingerprint density at radius 1 is 1.17 bits per heavy atom. The Kier molecular flexibility index (Phi) is 8.74. The van der Waals surface area contributed by atoms with Gasteiger partial charge in [0.25, 0.3) is 0 Å². The second kappa shape index (κ2) is 12.2. The first kappa shape index (κ1) is 25.9. The molecule has 0 radical (unpaired) electrons. The second-order valence-electron chi connectivity index (χ2n) is 9.46. The molecule has 36 heavy (non-hydrogen) atoms. The number of fused-ring (bicyclic) bond motifs is 5. The fourth-order valence-electron chi connectivity index (χ4n) is 5.01. The molecule has 8 heteroatoms. The summed E-state index contributed by atoms with van der Waals surface area (Å²) in [4.78, 5) is 25.1. The van der Waals surface area contributed by atoms with Crippen molar-refractivity contribution in [1.82, 2.24) is 10.6 Å². The van der Waals surface area contributed by atoms with Gasteiger partial charge < -0.3 is 30.9 Å². The number of hydrogen-bond acceptors (Lipinski definition) is 6. The largest absolute Gasteiger partial charge is 0.497 e. The molecule has 0 unspecified atom stereocenters. The van der Waals surface area contributed by atoms with Gasteiger partial charge in [0.05, 0.1) is 32.5 Å². The standard InChI is InChI=1S/C28H35N3O5/c1-35-20-10-11-21-19-14-24(23(21)15-20)30-16-26(32)25(13-18-7-3-2-4-8-18)31-28(34)22(27(29)33)9-5-6-12-36-17-19/h2-8,10-11,15,19,22,24-26,30,32H,9,12-14,16-17H2,1H3,(H2,29,33)(H,31,34)/b6-5-/t19-,22-,24-,25-,26+/m0/s1. The zero-order valence-corrected chi connectivity index (χ0v) is 20.6. The average molecular weight is 494 g/mol. The van der Waals surface area contributed by atoms with E-state index in [1.807, 2.05) is 48.5 Å². The maximum absolute atomic E-state index is 13.0. The molecular formula is C28H35N3O5. The van der Waals surface area contributed by atoms with Crippen molar-refractivity contribution in [1.29, 1.82) is 0 Å². The lowest BCUT2D eigenvalue weighted by Crippen LogP contribution is -2.52. The van der Waals surface area contributed by atoms with Crippen LogP contribution in [0.5, 0.6) is 5.75 Å². The first-order chi connectivity index (χ1) is 17.5. The molecule has 0 fully saturated rings. The number of nitrogens with two attached hydrogens (primary N) is 1. The maximum Gasteiger partial charge on any atom is 0.233 e. The number of amides is 2. The minimum Gasteiger partial charge on any atom is -0.497 e. The topological polar surface area (TPSA) is 123 Å². The van der Waals surface area contributed by atoms with Crippen LogP contribution in [0.25, 0.3) is 0 Å². The fourth-order valence-corrected chi connectivity index (χ4v) is 5.01. The van der Waals surface area contributed by atoms with E-state index in [1.165, 1.54) is 5.56 Å². The zero-order chi connectivity index (χ0) is 25.5. The van der Waals surface area contributed by atoms with Gasteiger partial charge in [0.2, 0.25) is 11.8 Å². The lowest BCUT2D eigenvalue weighted by Gasteiger charge is -2.27. The quantitative estimate of drug-likeness (QED) is 0.382. The average Bonchev–Trinajstić information content (AvgIpc) is 3.22. The molecule has 2 bridgehead atoms. The van der Waals surface area contributed by atoms with Gasteiger partial charge in [-0.05, 0) is 48.1 Å². The summed E-state index contributed by atoms with van der Waals surface area (Å²) >= 11 is 0. The summed E-state index contributed by atoms with van der Waals surface area (Å²) in [6.45, 7) is 1.18. The molecule has 1 aliphatic heterocycles. The number of benzene rings is 2. The van der Waals surface area contributed by atoms with Crippen molar-refractivity contribution in [3.05, 3.63) is 77.4 Å². The van der Waals surface area contributed by atoms with Crippen LogP contribution in [0.15, 0.2) is 60.7 Å². The molecule has 0 spiro atoms. The third kappa shape index (κ3) is 6.32.